The molecule has 2 unspecified atom stereocenters. The van der Waals surface area contributed by atoms with Gasteiger partial charge in [-0.05, 0) is 32.6 Å². The Morgan fingerprint density at radius 3 is 2.84 bits per heavy atom. The SMILES string of the molecule is COCCC(C)(O)CN1CCCC(NC2CC2)C1=O. The Kier molecular flexibility index (Phi) is 4.81. The van der Waals surface area contributed by atoms with Crippen LogP contribution in [0.3, 0.4) is 0 Å². The fraction of sp³-hybridized carbons (Fsp3) is 0.929. The van der Waals surface area contributed by atoms with Gasteiger partial charge in [0.1, 0.15) is 0 Å². The van der Waals surface area contributed by atoms with Crippen LogP contribution >= 0.6 is 0 Å². The molecule has 2 atom stereocenters. The molecular formula is C14H26N2O3. The minimum atomic E-state index is -0.868. The van der Waals surface area contributed by atoms with Gasteiger partial charge < -0.3 is 20.1 Å². The Labute approximate surface area is 115 Å². The third kappa shape index (κ3) is 4.44. The second-order valence-electron chi connectivity index (χ2n) is 6.14. The highest BCUT2D eigenvalue weighted by Crippen LogP contribution is 2.23. The van der Waals surface area contributed by atoms with Gasteiger partial charge >= 0.3 is 0 Å². The molecule has 0 bridgehead atoms. The van der Waals surface area contributed by atoms with Crippen LogP contribution in [0.15, 0.2) is 0 Å². The number of hydrogen-bond acceptors (Lipinski definition) is 4. The number of rotatable bonds is 7. The second-order valence-corrected chi connectivity index (χ2v) is 6.14. The van der Waals surface area contributed by atoms with Crippen LogP contribution in [0.5, 0.6) is 0 Å². The number of carbonyl (C=O) groups is 1. The van der Waals surface area contributed by atoms with Crippen molar-refractivity contribution >= 4 is 5.91 Å². The van der Waals surface area contributed by atoms with E-state index in [0.29, 0.717) is 25.6 Å². The van der Waals surface area contributed by atoms with E-state index in [1.807, 2.05) is 0 Å². The number of amides is 1. The molecule has 0 radical (unpaired) electrons. The number of ether oxygens (including phenoxy) is 1. The summed E-state index contributed by atoms with van der Waals surface area (Å²) in [7, 11) is 1.62. The fourth-order valence-electron chi connectivity index (χ4n) is 2.60. The Hall–Kier alpha value is -0.650. The maximum Gasteiger partial charge on any atom is 0.239 e. The predicted octanol–water partition coefficient (Wildman–Crippen LogP) is 0.517. The van der Waals surface area contributed by atoms with E-state index in [1.54, 1.807) is 18.9 Å². The molecule has 1 amide bonds. The van der Waals surface area contributed by atoms with Crippen LogP contribution in [0.2, 0.25) is 0 Å². The first-order valence-electron chi connectivity index (χ1n) is 7.28. The summed E-state index contributed by atoms with van der Waals surface area (Å²) >= 11 is 0. The van der Waals surface area contributed by atoms with Crippen LogP contribution in [0, 0.1) is 0 Å². The van der Waals surface area contributed by atoms with Crippen molar-refractivity contribution in [3.8, 4) is 0 Å². The van der Waals surface area contributed by atoms with Gasteiger partial charge in [-0.15, -0.1) is 0 Å². The Morgan fingerprint density at radius 2 is 2.21 bits per heavy atom. The minimum absolute atomic E-state index is 0.0422. The van der Waals surface area contributed by atoms with E-state index < -0.39 is 5.60 Å². The predicted molar refractivity (Wildman–Crippen MR) is 72.9 cm³/mol. The van der Waals surface area contributed by atoms with Crippen molar-refractivity contribution in [1.29, 1.82) is 0 Å². The highest BCUT2D eigenvalue weighted by atomic mass is 16.5. The van der Waals surface area contributed by atoms with Crippen LogP contribution in [0.1, 0.15) is 39.0 Å². The maximum atomic E-state index is 12.4. The van der Waals surface area contributed by atoms with Gasteiger partial charge in [-0.2, -0.15) is 0 Å². The van der Waals surface area contributed by atoms with Gasteiger partial charge in [-0.1, -0.05) is 0 Å². The van der Waals surface area contributed by atoms with Gasteiger partial charge in [0, 0.05) is 39.3 Å². The zero-order valence-electron chi connectivity index (χ0n) is 12.0. The van der Waals surface area contributed by atoms with E-state index in [9.17, 15) is 9.90 Å². The van der Waals surface area contributed by atoms with Crippen molar-refractivity contribution in [1.82, 2.24) is 10.2 Å². The average molecular weight is 270 g/mol. The van der Waals surface area contributed by atoms with Crippen LogP contribution < -0.4 is 5.32 Å². The van der Waals surface area contributed by atoms with Gasteiger partial charge in [-0.25, -0.2) is 0 Å². The maximum absolute atomic E-state index is 12.4. The quantitative estimate of drug-likeness (QED) is 0.708. The molecule has 2 rings (SSSR count). The number of nitrogens with one attached hydrogen (secondary N) is 1. The first kappa shape index (κ1) is 14.8. The summed E-state index contributed by atoms with van der Waals surface area (Å²) in [5.74, 6) is 0.149. The minimum Gasteiger partial charge on any atom is -0.388 e. The van der Waals surface area contributed by atoms with E-state index >= 15 is 0 Å². The van der Waals surface area contributed by atoms with Crippen LogP contribution in [0.4, 0.5) is 0 Å². The molecule has 0 aromatic heterocycles. The van der Waals surface area contributed by atoms with E-state index in [2.05, 4.69) is 5.32 Å². The number of piperidine rings is 1. The molecule has 2 N–H and O–H groups in total. The molecule has 1 aliphatic heterocycles. The lowest BCUT2D eigenvalue weighted by atomic mass is 9.98. The number of methoxy groups -OCH3 is 1. The van der Waals surface area contributed by atoms with Crippen molar-refractivity contribution in [3.63, 3.8) is 0 Å². The van der Waals surface area contributed by atoms with E-state index in [1.165, 1.54) is 12.8 Å². The van der Waals surface area contributed by atoms with Crippen molar-refractivity contribution in [2.24, 2.45) is 0 Å². The Bertz CT molecular complexity index is 316. The summed E-state index contributed by atoms with van der Waals surface area (Å²) in [6.07, 6.45) is 4.86. The number of nitrogens with zero attached hydrogens (tertiary/aromatic N) is 1. The van der Waals surface area contributed by atoms with E-state index in [4.69, 9.17) is 4.74 Å². The summed E-state index contributed by atoms with van der Waals surface area (Å²) in [4.78, 5) is 14.2. The Balaban J connectivity index is 1.85. The second kappa shape index (κ2) is 6.20. The molecule has 5 heteroatoms. The largest absolute Gasteiger partial charge is 0.388 e. The third-order valence-corrected chi connectivity index (χ3v) is 3.92. The number of aliphatic hydroxyl groups is 1. The standard InChI is InChI=1S/C14H26N2O3/c1-14(18,7-9-19-2)10-16-8-3-4-12(13(16)17)15-11-5-6-11/h11-12,15,18H,3-10H2,1-2H3. The Morgan fingerprint density at radius 1 is 1.47 bits per heavy atom. The fourth-order valence-corrected chi connectivity index (χ4v) is 2.60. The van der Waals surface area contributed by atoms with Gasteiger partial charge in [0.25, 0.3) is 0 Å². The smallest absolute Gasteiger partial charge is 0.239 e. The number of β-amino-alcohol motifs (C(OH)–C–C–N with tert-alkyl or cyclic N) is 1. The van der Waals surface area contributed by atoms with Gasteiger partial charge in [0.15, 0.2) is 0 Å². The van der Waals surface area contributed by atoms with Crippen molar-refractivity contribution in [3.05, 3.63) is 0 Å². The topological polar surface area (TPSA) is 61.8 Å². The zero-order valence-corrected chi connectivity index (χ0v) is 12.0. The third-order valence-electron chi connectivity index (χ3n) is 3.92. The molecule has 2 aliphatic rings. The van der Waals surface area contributed by atoms with Gasteiger partial charge in [0.05, 0.1) is 11.6 Å². The molecule has 0 aromatic rings. The van der Waals surface area contributed by atoms with E-state index in [0.717, 1.165) is 19.4 Å². The molecule has 0 spiro atoms. The summed E-state index contributed by atoms with van der Waals surface area (Å²) < 4.78 is 5.00. The lowest BCUT2D eigenvalue weighted by Gasteiger charge is -2.37. The van der Waals surface area contributed by atoms with Crippen molar-refractivity contribution in [2.75, 3.05) is 26.8 Å². The summed E-state index contributed by atoms with van der Waals surface area (Å²) in [5.41, 5.74) is -0.868. The highest BCUT2D eigenvalue weighted by molar-refractivity contribution is 5.82. The van der Waals surface area contributed by atoms with Gasteiger partial charge in [0.2, 0.25) is 5.91 Å². The van der Waals surface area contributed by atoms with Crippen LogP contribution in [-0.4, -0.2) is 60.4 Å². The molecular weight excluding hydrogens is 244 g/mol. The molecule has 5 nitrogen and oxygen atoms in total. The summed E-state index contributed by atoms with van der Waals surface area (Å²) in [6, 6.07) is 0.502. The summed E-state index contributed by atoms with van der Waals surface area (Å²) in [5, 5.41) is 13.7. The molecule has 1 aliphatic carbocycles. The molecule has 1 heterocycles. The zero-order chi connectivity index (χ0) is 13.9. The molecule has 2 fully saturated rings. The molecule has 110 valence electrons. The number of carbonyl (C=O) groups excluding carboxylic acids is 1. The molecule has 1 saturated heterocycles. The summed E-state index contributed by atoms with van der Waals surface area (Å²) in [6.45, 7) is 3.44. The molecule has 1 saturated carbocycles. The molecule has 19 heavy (non-hydrogen) atoms. The van der Waals surface area contributed by atoms with Crippen molar-refractivity contribution < 1.29 is 14.6 Å². The monoisotopic (exact) mass is 270 g/mol. The van der Waals surface area contributed by atoms with Crippen LogP contribution in [-0.2, 0) is 9.53 Å². The van der Waals surface area contributed by atoms with Crippen LogP contribution in [0.25, 0.3) is 0 Å². The number of hydrogen-bond donors (Lipinski definition) is 2. The lowest BCUT2D eigenvalue weighted by Crippen LogP contribution is -2.55. The first-order chi connectivity index (χ1) is 9.02. The van der Waals surface area contributed by atoms with Crippen molar-refractivity contribution in [2.45, 2.75) is 56.7 Å². The highest BCUT2D eigenvalue weighted by Gasteiger charge is 2.35. The number of likely N-dealkylation sites (tertiary alicyclic amines) is 1. The molecule has 0 aromatic carbocycles. The first-order valence-corrected chi connectivity index (χ1v) is 7.28. The van der Waals surface area contributed by atoms with E-state index in [-0.39, 0.29) is 11.9 Å². The average Bonchev–Trinajstić information content (AvgIpc) is 3.16. The normalized spacial score (nSPS) is 27.4. The van der Waals surface area contributed by atoms with Gasteiger partial charge in [-0.3, -0.25) is 4.79 Å². The lowest BCUT2D eigenvalue weighted by molar-refractivity contribution is -0.140.